The van der Waals surface area contributed by atoms with Crippen LogP contribution in [0.5, 0.6) is 0 Å². The van der Waals surface area contributed by atoms with Crippen molar-refractivity contribution in [2.45, 2.75) is 19.9 Å². The quantitative estimate of drug-likeness (QED) is 0.851. The lowest BCUT2D eigenvalue weighted by molar-refractivity contribution is 0.897. The number of anilines is 1. The molecule has 2 nitrogen and oxygen atoms in total. The predicted octanol–water partition coefficient (Wildman–Crippen LogP) is 5.05. The van der Waals surface area contributed by atoms with Crippen LogP contribution < -0.4 is 5.32 Å². The van der Waals surface area contributed by atoms with Crippen molar-refractivity contribution in [3.63, 3.8) is 0 Å². The lowest BCUT2D eigenvalue weighted by Gasteiger charge is -2.05. The second kappa shape index (κ2) is 5.38. The monoisotopic (exact) mass is 330 g/mol. The van der Waals surface area contributed by atoms with E-state index >= 15 is 0 Å². The maximum atomic E-state index is 6.19. The highest BCUT2D eigenvalue weighted by Gasteiger charge is 2.09. The maximum absolute atomic E-state index is 6.19. The fraction of sp³-hybridized carbons (Fsp3) is 0.250. The standard InChI is InChI=1S/C12H12BrClN2S/c1-7(2)15-12-16-11(6-17-12)9-4-3-8(13)5-10(9)14/h3-7H,1-2H3,(H,15,16). The molecule has 0 saturated heterocycles. The van der Waals surface area contributed by atoms with Crippen LogP contribution in [0.3, 0.4) is 0 Å². The van der Waals surface area contributed by atoms with E-state index in [-0.39, 0.29) is 0 Å². The summed E-state index contributed by atoms with van der Waals surface area (Å²) in [7, 11) is 0. The summed E-state index contributed by atoms with van der Waals surface area (Å²) in [5.74, 6) is 0. The fourth-order valence-electron chi connectivity index (χ4n) is 1.41. The molecule has 90 valence electrons. The predicted molar refractivity (Wildman–Crippen MR) is 79.0 cm³/mol. The Kier molecular flexibility index (Phi) is 4.07. The van der Waals surface area contributed by atoms with E-state index in [2.05, 4.69) is 40.1 Å². The van der Waals surface area contributed by atoms with Crippen molar-refractivity contribution < 1.29 is 0 Å². The number of aromatic nitrogens is 1. The Balaban J connectivity index is 2.30. The minimum Gasteiger partial charge on any atom is -0.359 e. The highest BCUT2D eigenvalue weighted by Crippen LogP contribution is 2.32. The average molecular weight is 332 g/mol. The van der Waals surface area contributed by atoms with Crippen molar-refractivity contribution in [3.05, 3.63) is 33.1 Å². The molecule has 0 unspecified atom stereocenters. The zero-order valence-electron chi connectivity index (χ0n) is 9.50. The van der Waals surface area contributed by atoms with E-state index in [0.29, 0.717) is 11.1 Å². The Bertz CT molecular complexity index is 525. The van der Waals surface area contributed by atoms with Gasteiger partial charge in [0.1, 0.15) is 0 Å². The van der Waals surface area contributed by atoms with Crippen molar-refractivity contribution in [2.24, 2.45) is 0 Å². The van der Waals surface area contributed by atoms with E-state index in [0.717, 1.165) is 20.9 Å². The van der Waals surface area contributed by atoms with Crippen LogP contribution in [-0.4, -0.2) is 11.0 Å². The molecule has 1 N–H and O–H groups in total. The molecule has 0 atom stereocenters. The third kappa shape index (κ3) is 3.21. The molecule has 0 amide bonds. The van der Waals surface area contributed by atoms with Crippen LogP contribution in [-0.2, 0) is 0 Å². The second-order valence-electron chi connectivity index (χ2n) is 3.96. The molecule has 1 heterocycles. The van der Waals surface area contributed by atoms with Gasteiger partial charge in [0, 0.05) is 21.5 Å². The molecule has 0 aliphatic carbocycles. The van der Waals surface area contributed by atoms with Gasteiger partial charge >= 0.3 is 0 Å². The van der Waals surface area contributed by atoms with Gasteiger partial charge in [-0.2, -0.15) is 0 Å². The molecule has 0 aliphatic heterocycles. The molecule has 5 heteroatoms. The zero-order valence-corrected chi connectivity index (χ0v) is 12.7. The summed E-state index contributed by atoms with van der Waals surface area (Å²) in [4.78, 5) is 4.52. The molecule has 0 fully saturated rings. The van der Waals surface area contributed by atoms with Gasteiger partial charge in [-0.15, -0.1) is 11.3 Å². The number of nitrogens with zero attached hydrogens (tertiary/aromatic N) is 1. The molecular formula is C12H12BrClN2S. The molecule has 2 aromatic rings. The Labute approximate surface area is 118 Å². The summed E-state index contributed by atoms with van der Waals surface area (Å²) in [5, 5.41) is 6.93. The van der Waals surface area contributed by atoms with E-state index in [1.165, 1.54) is 0 Å². The van der Waals surface area contributed by atoms with Gasteiger partial charge in [0.15, 0.2) is 5.13 Å². The average Bonchev–Trinajstić information content (AvgIpc) is 2.65. The van der Waals surface area contributed by atoms with Gasteiger partial charge in [-0.05, 0) is 26.0 Å². The summed E-state index contributed by atoms with van der Waals surface area (Å²) in [6.07, 6.45) is 0. The Morgan fingerprint density at radius 1 is 1.41 bits per heavy atom. The van der Waals surface area contributed by atoms with Crippen molar-refractivity contribution in [3.8, 4) is 11.3 Å². The SMILES string of the molecule is CC(C)Nc1nc(-c2ccc(Br)cc2Cl)cs1. The van der Waals surface area contributed by atoms with Gasteiger partial charge in [-0.25, -0.2) is 4.98 Å². The number of thiazole rings is 1. The van der Waals surface area contributed by atoms with Gasteiger partial charge in [-0.1, -0.05) is 33.6 Å². The number of halogens is 2. The molecule has 0 radical (unpaired) electrons. The highest BCUT2D eigenvalue weighted by molar-refractivity contribution is 9.10. The fourth-order valence-corrected chi connectivity index (χ4v) is 3.04. The van der Waals surface area contributed by atoms with E-state index in [1.54, 1.807) is 11.3 Å². The topological polar surface area (TPSA) is 24.9 Å². The van der Waals surface area contributed by atoms with Crippen LogP contribution in [0.1, 0.15) is 13.8 Å². The van der Waals surface area contributed by atoms with Gasteiger partial charge in [0.25, 0.3) is 0 Å². The number of hydrogen-bond donors (Lipinski definition) is 1. The highest BCUT2D eigenvalue weighted by atomic mass is 79.9. The van der Waals surface area contributed by atoms with Crippen LogP contribution >= 0.6 is 38.9 Å². The summed E-state index contributed by atoms with van der Waals surface area (Å²) < 4.78 is 0.974. The largest absolute Gasteiger partial charge is 0.359 e. The summed E-state index contributed by atoms with van der Waals surface area (Å²) in [6.45, 7) is 4.18. The molecule has 0 bridgehead atoms. The first-order valence-corrected chi connectivity index (χ1v) is 7.29. The van der Waals surface area contributed by atoms with Crippen LogP contribution in [0, 0.1) is 0 Å². The summed E-state index contributed by atoms with van der Waals surface area (Å²) >= 11 is 11.2. The van der Waals surface area contributed by atoms with Crippen LogP contribution in [0.4, 0.5) is 5.13 Å². The molecular weight excluding hydrogens is 320 g/mol. The van der Waals surface area contributed by atoms with Crippen molar-refractivity contribution >= 4 is 44.0 Å². The number of nitrogens with one attached hydrogen (secondary N) is 1. The maximum Gasteiger partial charge on any atom is 0.183 e. The Morgan fingerprint density at radius 3 is 2.82 bits per heavy atom. The number of hydrogen-bond acceptors (Lipinski definition) is 3. The third-order valence-corrected chi connectivity index (χ3v) is 3.70. The molecule has 0 spiro atoms. The first-order valence-electron chi connectivity index (χ1n) is 5.24. The Hall–Kier alpha value is -0.580. The summed E-state index contributed by atoms with van der Waals surface area (Å²) in [6, 6.07) is 6.21. The third-order valence-electron chi connectivity index (χ3n) is 2.12. The first-order chi connectivity index (χ1) is 8.06. The molecule has 0 saturated carbocycles. The lowest BCUT2D eigenvalue weighted by atomic mass is 10.2. The van der Waals surface area contributed by atoms with Crippen molar-refractivity contribution in [1.29, 1.82) is 0 Å². The van der Waals surface area contributed by atoms with Crippen LogP contribution in [0.2, 0.25) is 5.02 Å². The minimum atomic E-state index is 0.384. The zero-order chi connectivity index (χ0) is 12.4. The second-order valence-corrected chi connectivity index (χ2v) is 6.14. The van der Waals surface area contributed by atoms with Gasteiger partial charge in [-0.3, -0.25) is 0 Å². The lowest BCUT2D eigenvalue weighted by Crippen LogP contribution is -2.08. The van der Waals surface area contributed by atoms with Crippen molar-refractivity contribution in [1.82, 2.24) is 4.98 Å². The number of rotatable bonds is 3. The smallest absolute Gasteiger partial charge is 0.183 e. The first kappa shape index (κ1) is 12.9. The molecule has 0 aliphatic rings. The minimum absolute atomic E-state index is 0.384. The van der Waals surface area contributed by atoms with E-state index < -0.39 is 0 Å². The Morgan fingerprint density at radius 2 is 2.18 bits per heavy atom. The summed E-state index contributed by atoms with van der Waals surface area (Å²) in [5.41, 5.74) is 1.87. The van der Waals surface area contributed by atoms with Crippen LogP contribution in [0.15, 0.2) is 28.1 Å². The molecule has 1 aromatic heterocycles. The van der Waals surface area contributed by atoms with Crippen molar-refractivity contribution in [2.75, 3.05) is 5.32 Å². The van der Waals surface area contributed by atoms with Gasteiger partial charge in [0.2, 0.25) is 0 Å². The molecule has 2 rings (SSSR count). The normalized spacial score (nSPS) is 10.9. The molecule has 1 aromatic carbocycles. The van der Waals surface area contributed by atoms with Gasteiger partial charge < -0.3 is 5.32 Å². The number of benzene rings is 1. The van der Waals surface area contributed by atoms with Gasteiger partial charge in [0.05, 0.1) is 10.7 Å². The van der Waals surface area contributed by atoms with E-state index in [1.807, 2.05) is 23.6 Å². The van der Waals surface area contributed by atoms with E-state index in [4.69, 9.17) is 11.6 Å². The molecule has 17 heavy (non-hydrogen) atoms. The van der Waals surface area contributed by atoms with Crippen LogP contribution in [0.25, 0.3) is 11.3 Å². The van der Waals surface area contributed by atoms with E-state index in [9.17, 15) is 0 Å².